The number of aliphatic imine (C=N–C) groups is 1. The van der Waals surface area contributed by atoms with Crippen molar-refractivity contribution in [1.29, 1.82) is 0 Å². The summed E-state index contributed by atoms with van der Waals surface area (Å²) in [4.78, 5) is 4.80. The summed E-state index contributed by atoms with van der Waals surface area (Å²) in [6.07, 6.45) is 1.98. The van der Waals surface area contributed by atoms with Crippen molar-refractivity contribution >= 4 is 6.21 Å². The molecule has 0 bridgehead atoms. The molecule has 0 N–H and O–H groups in total. The van der Waals surface area contributed by atoms with Crippen molar-refractivity contribution in [3.63, 3.8) is 0 Å². The second-order valence-corrected chi connectivity index (χ2v) is 5.23. The topological polar surface area (TPSA) is 12.4 Å². The first-order valence-electron chi connectivity index (χ1n) is 6.82. The van der Waals surface area contributed by atoms with Gasteiger partial charge in [-0.2, -0.15) is 0 Å². The molecule has 1 atom stereocenters. The zero-order valence-electron chi connectivity index (χ0n) is 11.9. The molecule has 0 aromatic heterocycles. The monoisotopic (exact) mass is 251 g/mol. The minimum atomic E-state index is 0.224. The molecule has 98 valence electrons. The smallest absolute Gasteiger partial charge is 0.0774 e. The van der Waals surface area contributed by atoms with Gasteiger partial charge in [-0.25, -0.2) is 0 Å². The Balaban J connectivity index is 2.27. The molecule has 0 radical (unpaired) electrons. The molecule has 0 saturated heterocycles. The molecule has 0 heterocycles. The fraction of sp³-hybridized carbons (Fsp3) is 0.278. The molecule has 0 saturated carbocycles. The van der Waals surface area contributed by atoms with Crippen molar-refractivity contribution < 1.29 is 0 Å². The van der Waals surface area contributed by atoms with Crippen molar-refractivity contribution in [3.8, 4) is 0 Å². The first kappa shape index (κ1) is 13.5. The van der Waals surface area contributed by atoms with Gasteiger partial charge in [0, 0.05) is 6.21 Å². The van der Waals surface area contributed by atoms with Gasteiger partial charge in [-0.1, -0.05) is 68.4 Å². The summed E-state index contributed by atoms with van der Waals surface area (Å²) >= 11 is 0. The number of rotatable bonds is 4. The lowest BCUT2D eigenvalue weighted by atomic mass is 9.93. The molecule has 0 unspecified atom stereocenters. The van der Waals surface area contributed by atoms with Crippen molar-refractivity contribution in [1.82, 2.24) is 0 Å². The van der Waals surface area contributed by atoms with Crippen LogP contribution in [0, 0.1) is 12.8 Å². The van der Waals surface area contributed by atoms with Gasteiger partial charge in [0.15, 0.2) is 0 Å². The fourth-order valence-electron chi connectivity index (χ4n) is 2.24. The lowest BCUT2D eigenvalue weighted by molar-refractivity contribution is 0.516. The highest BCUT2D eigenvalue weighted by molar-refractivity contribution is 5.79. The van der Waals surface area contributed by atoms with Crippen LogP contribution in [0.5, 0.6) is 0 Å². The Morgan fingerprint density at radius 3 is 2.16 bits per heavy atom. The second-order valence-electron chi connectivity index (χ2n) is 5.23. The predicted octanol–water partition coefficient (Wildman–Crippen LogP) is 4.81. The van der Waals surface area contributed by atoms with Gasteiger partial charge in [0.2, 0.25) is 0 Å². The molecule has 1 nitrogen and oxygen atoms in total. The summed E-state index contributed by atoms with van der Waals surface area (Å²) in [7, 11) is 0. The summed E-state index contributed by atoms with van der Waals surface area (Å²) in [6, 6.07) is 19.0. The van der Waals surface area contributed by atoms with Gasteiger partial charge in [0.05, 0.1) is 6.04 Å². The summed E-state index contributed by atoms with van der Waals surface area (Å²) in [5, 5.41) is 0. The molecular weight excluding hydrogens is 230 g/mol. The van der Waals surface area contributed by atoms with Crippen molar-refractivity contribution in [3.05, 3.63) is 71.3 Å². The van der Waals surface area contributed by atoms with Crippen LogP contribution in [0.2, 0.25) is 0 Å². The van der Waals surface area contributed by atoms with Crippen LogP contribution < -0.4 is 0 Å². The lowest BCUT2D eigenvalue weighted by Crippen LogP contribution is -2.06. The van der Waals surface area contributed by atoms with Crippen LogP contribution in [0.25, 0.3) is 0 Å². The van der Waals surface area contributed by atoms with E-state index in [1.807, 2.05) is 24.4 Å². The van der Waals surface area contributed by atoms with Gasteiger partial charge < -0.3 is 0 Å². The number of benzene rings is 2. The molecule has 19 heavy (non-hydrogen) atoms. The number of hydrogen-bond acceptors (Lipinski definition) is 1. The van der Waals surface area contributed by atoms with E-state index < -0.39 is 0 Å². The zero-order valence-corrected chi connectivity index (χ0v) is 11.9. The summed E-state index contributed by atoms with van der Waals surface area (Å²) in [5.41, 5.74) is 3.79. The number of aryl methyl sites for hydroxylation is 1. The molecule has 2 aromatic rings. The van der Waals surface area contributed by atoms with Crippen LogP contribution in [-0.2, 0) is 0 Å². The molecule has 0 aliphatic heterocycles. The predicted molar refractivity (Wildman–Crippen MR) is 82.8 cm³/mol. The van der Waals surface area contributed by atoms with E-state index in [1.54, 1.807) is 0 Å². The van der Waals surface area contributed by atoms with Crippen LogP contribution >= 0.6 is 0 Å². The van der Waals surface area contributed by atoms with E-state index in [0.717, 1.165) is 5.56 Å². The highest BCUT2D eigenvalue weighted by Gasteiger charge is 2.15. The molecule has 1 heteroatoms. The minimum Gasteiger partial charge on any atom is -0.284 e. The minimum absolute atomic E-state index is 0.224. The van der Waals surface area contributed by atoms with E-state index in [-0.39, 0.29) is 6.04 Å². The van der Waals surface area contributed by atoms with Gasteiger partial charge in [0.25, 0.3) is 0 Å². The first-order chi connectivity index (χ1) is 9.18. The highest BCUT2D eigenvalue weighted by Crippen LogP contribution is 2.28. The van der Waals surface area contributed by atoms with Crippen LogP contribution in [0.4, 0.5) is 0 Å². The first-order valence-corrected chi connectivity index (χ1v) is 6.82. The third-order valence-electron chi connectivity index (χ3n) is 3.32. The van der Waals surface area contributed by atoms with Crippen LogP contribution in [0.15, 0.2) is 59.6 Å². The molecular formula is C18H21N. The van der Waals surface area contributed by atoms with E-state index in [9.17, 15) is 0 Å². The molecule has 2 rings (SSSR count). The van der Waals surface area contributed by atoms with E-state index in [4.69, 9.17) is 4.99 Å². The van der Waals surface area contributed by atoms with Gasteiger partial charge in [-0.3, -0.25) is 4.99 Å². The molecule has 0 amide bonds. The van der Waals surface area contributed by atoms with E-state index in [1.165, 1.54) is 11.1 Å². The SMILES string of the molecule is Cc1ccccc1[C@H](N=Cc1ccccc1)C(C)C. The Morgan fingerprint density at radius 2 is 1.53 bits per heavy atom. The zero-order chi connectivity index (χ0) is 13.7. The summed E-state index contributed by atoms with van der Waals surface area (Å²) < 4.78 is 0. The quantitative estimate of drug-likeness (QED) is 0.691. The molecule has 0 aliphatic rings. The summed E-state index contributed by atoms with van der Waals surface area (Å²) in [5.74, 6) is 0.487. The standard InChI is InChI=1S/C18H21N/c1-14(2)18(17-12-8-7-9-15(17)3)19-13-16-10-5-4-6-11-16/h4-14,18H,1-3H3/t18-/m1/s1. The maximum absolute atomic E-state index is 4.80. The third-order valence-corrected chi connectivity index (χ3v) is 3.32. The Morgan fingerprint density at radius 1 is 0.895 bits per heavy atom. The maximum atomic E-state index is 4.80. The van der Waals surface area contributed by atoms with Crippen molar-refractivity contribution in [2.45, 2.75) is 26.8 Å². The van der Waals surface area contributed by atoms with Crippen molar-refractivity contribution in [2.24, 2.45) is 10.9 Å². The van der Waals surface area contributed by atoms with Crippen LogP contribution in [0.1, 0.15) is 36.6 Å². The number of nitrogens with zero attached hydrogens (tertiary/aromatic N) is 1. The third kappa shape index (κ3) is 3.54. The van der Waals surface area contributed by atoms with E-state index in [2.05, 4.69) is 57.2 Å². The Bertz CT molecular complexity index is 541. The van der Waals surface area contributed by atoms with Gasteiger partial charge >= 0.3 is 0 Å². The van der Waals surface area contributed by atoms with Crippen LogP contribution in [0.3, 0.4) is 0 Å². The van der Waals surface area contributed by atoms with Crippen molar-refractivity contribution in [2.75, 3.05) is 0 Å². The lowest BCUT2D eigenvalue weighted by Gasteiger charge is -2.19. The molecule has 0 spiro atoms. The highest BCUT2D eigenvalue weighted by atomic mass is 14.8. The normalized spacial score (nSPS) is 13.1. The largest absolute Gasteiger partial charge is 0.284 e. The Hall–Kier alpha value is -1.89. The Labute approximate surface area is 116 Å². The van der Waals surface area contributed by atoms with E-state index >= 15 is 0 Å². The molecule has 0 fully saturated rings. The average Bonchev–Trinajstić information content (AvgIpc) is 2.42. The second kappa shape index (κ2) is 6.33. The van der Waals surface area contributed by atoms with Gasteiger partial charge in [-0.15, -0.1) is 0 Å². The van der Waals surface area contributed by atoms with Gasteiger partial charge in [-0.05, 0) is 29.5 Å². The summed E-state index contributed by atoms with van der Waals surface area (Å²) in [6.45, 7) is 6.60. The van der Waals surface area contributed by atoms with Gasteiger partial charge in [0.1, 0.15) is 0 Å². The maximum Gasteiger partial charge on any atom is 0.0774 e. The molecule has 0 aliphatic carbocycles. The van der Waals surface area contributed by atoms with Crippen LogP contribution in [-0.4, -0.2) is 6.21 Å². The average molecular weight is 251 g/mol. The number of hydrogen-bond donors (Lipinski definition) is 0. The fourth-order valence-corrected chi connectivity index (χ4v) is 2.24. The molecule has 2 aromatic carbocycles. The van der Waals surface area contributed by atoms with E-state index in [0.29, 0.717) is 5.92 Å². The Kier molecular flexibility index (Phi) is 4.51.